The average Bonchev–Trinajstić information content (AvgIpc) is 1.68. The summed E-state index contributed by atoms with van der Waals surface area (Å²) in [7, 11) is 0. The van der Waals surface area contributed by atoms with Crippen LogP contribution in [0.2, 0.25) is 0 Å². The van der Waals surface area contributed by atoms with Crippen LogP contribution in [0.15, 0.2) is 0 Å². The number of nitrogens with one attached hydrogen (secondary N) is 1. The van der Waals surface area contributed by atoms with Crippen molar-refractivity contribution < 1.29 is 9.45 Å². The van der Waals surface area contributed by atoms with Gasteiger partial charge in [0.1, 0.15) is 12.6 Å². The van der Waals surface area contributed by atoms with Crippen LogP contribution in [0.5, 0.6) is 0 Å². The highest BCUT2D eigenvalue weighted by molar-refractivity contribution is 4.69. The molecule has 0 bridgehead atoms. The molecule has 0 amide bonds. The Bertz CT molecular complexity index is 71.3. The molecule has 0 radical (unpaired) electrons. The molecule has 0 aromatic rings. The summed E-state index contributed by atoms with van der Waals surface area (Å²) in [6.07, 6.45) is -1.36. The molecule has 0 aromatic carbocycles. The van der Waals surface area contributed by atoms with Gasteiger partial charge in [0.2, 0.25) is 0 Å². The van der Waals surface area contributed by atoms with Crippen molar-refractivity contribution >= 4 is 0 Å². The van der Waals surface area contributed by atoms with Crippen LogP contribution >= 0.6 is 0 Å². The molecule has 1 aliphatic heterocycles. The summed E-state index contributed by atoms with van der Waals surface area (Å²) in [4.78, 5) is 0. The first kappa shape index (κ1) is 4.96. The second-order valence-electron chi connectivity index (χ2n) is 1.74. The zero-order valence-electron chi connectivity index (χ0n) is 3.73. The van der Waals surface area contributed by atoms with Crippen LogP contribution in [0, 0.1) is 5.21 Å². The van der Waals surface area contributed by atoms with E-state index < -0.39 is 12.3 Å². The molecule has 1 aliphatic rings. The van der Waals surface area contributed by atoms with Crippen molar-refractivity contribution in [2.45, 2.75) is 12.3 Å². The van der Waals surface area contributed by atoms with Gasteiger partial charge in [-0.1, -0.05) is 0 Å². The van der Waals surface area contributed by atoms with E-state index in [9.17, 15) is 9.60 Å². The number of nitrogens with two attached hydrogens (primary N) is 1. The second-order valence-corrected chi connectivity index (χ2v) is 1.74. The monoisotopic (exact) mass is 106 g/mol. The molecule has 3 nitrogen and oxygen atoms in total. The molecule has 0 spiro atoms. The van der Waals surface area contributed by atoms with E-state index in [0.29, 0.717) is 0 Å². The first-order valence-corrected chi connectivity index (χ1v) is 2.14. The molecule has 42 valence electrons. The van der Waals surface area contributed by atoms with Gasteiger partial charge in [-0.25, -0.2) is 0 Å². The molecule has 0 aromatic heterocycles. The number of hydrogen-bond donors (Lipinski definition) is 2. The van der Waals surface area contributed by atoms with E-state index >= 15 is 0 Å². The van der Waals surface area contributed by atoms with Gasteiger partial charge in [-0.3, -0.25) is 0 Å². The lowest BCUT2D eigenvalue weighted by Crippen LogP contribution is -3.22. The summed E-state index contributed by atoms with van der Waals surface area (Å²) >= 11 is 0. The van der Waals surface area contributed by atoms with Crippen molar-refractivity contribution in [3.05, 3.63) is 5.21 Å². The van der Waals surface area contributed by atoms with Crippen molar-refractivity contribution in [3.63, 3.8) is 0 Å². The minimum atomic E-state index is -1.36. The van der Waals surface area contributed by atoms with E-state index in [0.717, 1.165) is 0 Å². The number of hydroxylamine groups is 2. The van der Waals surface area contributed by atoms with Crippen LogP contribution in [0.1, 0.15) is 0 Å². The second kappa shape index (κ2) is 1.40. The maximum Gasteiger partial charge on any atom is 0.250 e. The van der Waals surface area contributed by atoms with Crippen LogP contribution in [-0.4, -0.2) is 18.9 Å². The molecule has 1 rings (SSSR count). The van der Waals surface area contributed by atoms with E-state index in [1.807, 2.05) is 0 Å². The number of quaternary nitrogens is 1. The molecular weight excluding hydrogens is 99.0 g/mol. The SMILES string of the molecule is NC1C[NH+]([O-])C1F. The fraction of sp³-hybridized carbons (Fsp3) is 1.00. The quantitative estimate of drug-likeness (QED) is 0.277. The van der Waals surface area contributed by atoms with Crippen molar-refractivity contribution in [2.24, 2.45) is 5.73 Å². The largest absolute Gasteiger partial charge is 0.632 e. The van der Waals surface area contributed by atoms with Gasteiger partial charge >= 0.3 is 0 Å². The summed E-state index contributed by atoms with van der Waals surface area (Å²) in [6.45, 7) is 0.223. The summed E-state index contributed by atoms with van der Waals surface area (Å²) in [5.74, 6) is 0. The van der Waals surface area contributed by atoms with Gasteiger partial charge in [0.15, 0.2) is 0 Å². The lowest BCUT2D eigenvalue weighted by molar-refractivity contribution is -0.940. The Morgan fingerprint density at radius 2 is 2.43 bits per heavy atom. The van der Waals surface area contributed by atoms with Crippen LogP contribution < -0.4 is 10.8 Å². The van der Waals surface area contributed by atoms with Gasteiger partial charge in [0, 0.05) is 0 Å². The zero-order valence-corrected chi connectivity index (χ0v) is 3.73. The van der Waals surface area contributed by atoms with Crippen molar-refractivity contribution in [2.75, 3.05) is 6.54 Å². The van der Waals surface area contributed by atoms with Crippen LogP contribution in [0.25, 0.3) is 0 Å². The molecular formula is C3H7FN2O. The van der Waals surface area contributed by atoms with Crippen LogP contribution in [-0.2, 0) is 0 Å². The van der Waals surface area contributed by atoms with Crippen molar-refractivity contribution in [1.29, 1.82) is 0 Å². The fourth-order valence-corrected chi connectivity index (χ4v) is 0.527. The molecule has 3 N–H and O–H groups in total. The highest BCUT2D eigenvalue weighted by Gasteiger charge is 2.35. The normalized spacial score (nSPS) is 51.0. The molecule has 0 saturated carbocycles. The maximum absolute atomic E-state index is 11.8. The Morgan fingerprint density at radius 3 is 2.43 bits per heavy atom. The Hall–Kier alpha value is -0.190. The highest BCUT2D eigenvalue weighted by atomic mass is 19.1. The lowest BCUT2D eigenvalue weighted by atomic mass is 10.2. The van der Waals surface area contributed by atoms with Crippen molar-refractivity contribution in [1.82, 2.24) is 0 Å². The third kappa shape index (κ3) is 0.605. The Morgan fingerprint density at radius 1 is 1.86 bits per heavy atom. The molecule has 3 atom stereocenters. The summed E-state index contributed by atoms with van der Waals surface area (Å²) in [6, 6.07) is -0.507. The molecule has 1 fully saturated rings. The van der Waals surface area contributed by atoms with Gasteiger partial charge in [-0.2, -0.15) is 4.39 Å². The third-order valence-electron chi connectivity index (χ3n) is 1.12. The van der Waals surface area contributed by atoms with Crippen LogP contribution in [0.3, 0.4) is 0 Å². The van der Waals surface area contributed by atoms with Crippen molar-refractivity contribution in [3.8, 4) is 0 Å². The molecule has 7 heavy (non-hydrogen) atoms. The fourth-order valence-electron chi connectivity index (χ4n) is 0.527. The van der Waals surface area contributed by atoms with E-state index in [1.165, 1.54) is 0 Å². The Kier molecular flexibility index (Phi) is 0.989. The maximum atomic E-state index is 11.8. The minimum Gasteiger partial charge on any atom is -0.632 e. The van der Waals surface area contributed by atoms with Crippen LogP contribution in [0.4, 0.5) is 4.39 Å². The Labute approximate surface area is 40.5 Å². The minimum absolute atomic E-state index is 0.223. The predicted molar refractivity (Wildman–Crippen MR) is 22.1 cm³/mol. The zero-order chi connectivity index (χ0) is 5.44. The summed E-state index contributed by atoms with van der Waals surface area (Å²) < 4.78 is 11.8. The first-order valence-electron chi connectivity index (χ1n) is 2.14. The summed E-state index contributed by atoms with van der Waals surface area (Å²) in [5, 5.41) is 9.63. The van der Waals surface area contributed by atoms with Gasteiger partial charge in [0.25, 0.3) is 6.30 Å². The number of halogens is 1. The summed E-state index contributed by atoms with van der Waals surface area (Å²) in [5.41, 5.74) is 5.02. The number of alkyl halides is 1. The van der Waals surface area contributed by atoms with Gasteiger partial charge in [-0.05, 0) is 0 Å². The Balaban J connectivity index is 2.29. The highest BCUT2D eigenvalue weighted by Crippen LogP contribution is 1.92. The molecule has 0 aliphatic carbocycles. The first-order chi connectivity index (χ1) is 3.22. The van der Waals surface area contributed by atoms with Gasteiger partial charge < -0.3 is 16.0 Å². The standard InChI is InChI=1S/C3H7FN2O/c4-3-2(5)1-6(3)7/h2-3,6H,1,5H2. The smallest absolute Gasteiger partial charge is 0.250 e. The molecule has 1 heterocycles. The number of rotatable bonds is 0. The molecule has 1 saturated heterocycles. The average molecular weight is 106 g/mol. The lowest BCUT2D eigenvalue weighted by Gasteiger charge is -2.39. The van der Waals surface area contributed by atoms with E-state index in [1.54, 1.807) is 0 Å². The van der Waals surface area contributed by atoms with E-state index in [-0.39, 0.29) is 11.6 Å². The molecule has 3 unspecified atom stereocenters. The predicted octanol–water partition coefficient (Wildman–Crippen LogP) is -1.99. The van der Waals surface area contributed by atoms with E-state index in [4.69, 9.17) is 5.73 Å². The third-order valence-corrected chi connectivity index (χ3v) is 1.12. The molecule has 4 heteroatoms. The van der Waals surface area contributed by atoms with E-state index in [2.05, 4.69) is 0 Å². The topological polar surface area (TPSA) is 53.5 Å². The van der Waals surface area contributed by atoms with Gasteiger partial charge in [0.05, 0.1) is 0 Å². The van der Waals surface area contributed by atoms with Gasteiger partial charge in [-0.15, -0.1) is 0 Å². The number of hydrogen-bond acceptors (Lipinski definition) is 2.